The molecule has 0 heterocycles. The minimum absolute atomic E-state index is 0.995. The van der Waals surface area contributed by atoms with Crippen molar-refractivity contribution in [1.82, 2.24) is 0 Å². The predicted octanol–water partition coefficient (Wildman–Crippen LogP) is 5.17. The summed E-state index contributed by atoms with van der Waals surface area (Å²) in [5.74, 6) is 0. The van der Waals surface area contributed by atoms with Crippen LogP contribution in [0, 0.1) is 6.92 Å². The third-order valence-electron chi connectivity index (χ3n) is 2.58. The molecule has 1 aromatic rings. The first-order valence-electron chi connectivity index (χ1n) is 6.12. The van der Waals surface area contributed by atoms with Gasteiger partial charge >= 0.3 is 0 Å². The average molecular weight is 236 g/mol. The fourth-order valence-corrected chi connectivity index (χ4v) is 1.57. The Morgan fingerprint density at radius 1 is 0.889 bits per heavy atom. The highest BCUT2D eigenvalue weighted by Gasteiger charge is 1.94. The SMILES string of the molecule is C=CC1=C(C=C)C=CCC=C1.Cc1ccccc1. The van der Waals surface area contributed by atoms with E-state index in [0.29, 0.717) is 0 Å². The van der Waals surface area contributed by atoms with Crippen LogP contribution in [0.2, 0.25) is 0 Å². The lowest BCUT2D eigenvalue weighted by Crippen LogP contribution is -1.76. The van der Waals surface area contributed by atoms with Gasteiger partial charge in [-0.25, -0.2) is 0 Å². The van der Waals surface area contributed by atoms with Gasteiger partial charge in [-0.3, -0.25) is 0 Å². The van der Waals surface area contributed by atoms with E-state index in [9.17, 15) is 0 Å². The Kier molecular flexibility index (Phi) is 6.27. The van der Waals surface area contributed by atoms with Gasteiger partial charge in [0, 0.05) is 0 Å². The van der Waals surface area contributed by atoms with Gasteiger partial charge < -0.3 is 0 Å². The maximum atomic E-state index is 3.73. The second kappa shape index (κ2) is 8.08. The van der Waals surface area contributed by atoms with Crippen LogP contribution in [0.4, 0.5) is 0 Å². The lowest BCUT2D eigenvalue weighted by Gasteiger charge is -1.95. The standard InChI is InChI=1S/C11H12.C7H8/c1-3-10-8-6-5-7-9-11(10)4-2;1-7-5-3-2-4-6-7/h3-4,6-9H,1-2,5H2;2-6H,1H3. The third-order valence-corrected chi connectivity index (χ3v) is 2.58. The summed E-state index contributed by atoms with van der Waals surface area (Å²) in [5.41, 5.74) is 3.62. The summed E-state index contributed by atoms with van der Waals surface area (Å²) in [5, 5.41) is 0. The number of aryl methyl sites for hydroxylation is 1. The Hall–Kier alpha value is -2.08. The topological polar surface area (TPSA) is 0 Å². The molecule has 18 heavy (non-hydrogen) atoms. The first-order chi connectivity index (χ1) is 8.77. The van der Waals surface area contributed by atoms with Gasteiger partial charge in [0.2, 0.25) is 0 Å². The van der Waals surface area contributed by atoms with Crippen molar-refractivity contribution in [2.75, 3.05) is 0 Å². The molecule has 0 amide bonds. The van der Waals surface area contributed by atoms with Crippen molar-refractivity contribution in [2.45, 2.75) is 13.3 Å². The Labute approximate surface area is 110 Å². The molecule has 0 saturated heterocycles. The largest absolute Gasteiger partial charge is 0.0984 e. The zero-order valence-corrected chi connectivity index (χ0v) is 11.0. The summed E-state index contributed by atoms with van der Waals surface area (Å²) in [6.07, 6.45) is 13.1. The molecule has 92 valence electrons. The van der Waals surface area contributed by atoms with Crippen molar-refractivity contribution in [2.24, 2.45) is 0 Å². The summed E-state index contributed by atoms with van der Waals surface area (Å²) >= 11 is 0. The monoisotopic (exact) mass is 236 g/mol. The van der Waals surface area contributed by atoms with Crippen molar-refractivity contribution in [3.8, 4) is 0 Å². The van der Waals surface area contributed by atoms with E-state index in [1.165, 1.54) is 5.56 Å². The van der Waals surface area contributed by atoms with Gasteiger partial charge in [0.15, 0.2) is 0 Å². The van der Waals surface area contributed by atoms with Crippen LogP contribution in [0.25, 0.3) is 0 Å². The molecule has 1 aromatic carbocycles. The van der Waals surface area contributed by atoms with E-state index < -0.39 is 0 Å². The van der Waals surface area contributed by atoms with Crippen molar-refractivity contribution in [3.05, 3.63) is 96.7 Å². The van der Waals surface area contributed by atoms with Gasteiger partial charge in [0.1, 0.15) is 0 Å². The van der Waals surface area contributed by atoms with E-state index in [1.54, 1.807) is 0 Å². The van der Waals surface area contributed by atoms with Crippen molar-refractivity contribution in [3.63, 3.8) is 0 Å². The summed E-state index contributed by atoms with van der Waals surface area (Å²) in [6, 6.07) is 10.3. The van der Waals surface area contributed by atoms with Crippen LogP contribution in [-0.4, -0.2) is 0 Å². The average Bonchev–Trinajstić information content (AvgIpc) is 2.64. The number of hydrogen-bond donors (Lipinski definition) is 0. The van der Waals surface area contributed by atoms with Crippen LogP contribution in [0.3, 0.4) is 0 Å². The highest BCUT2D eigenvalue weighted by Crippen LogP contribution is 2.14. The fourth-order valence-electron chi connectivity index (χ4n) is 1.57. The van der Waals surface area contributed by atoms with Crippen LogP contribution >= 0.6 is 0 Å². The second-order valence-electron chi connectivity index (χ2n) is 4.01. The number of hydrogen-bond acceptors (Lipinski definition) is 0. The third kappa shape index (κ3) is 4.84. The molecule has 0 aromatic heterocycles. The van der Waals surface area contributed by atoms with Crippen molar-refractivity contribution in [1.29, 1.82) is 0 Å². The highest BCUT2D eigenvalue weighted by molar-refractivity contribution is 5.46. The van der Waals surface area contributed by atoms with Gasteiger partial charge in [0.05, 0.1) is 0 Å². The first-order valence-corrected chi connectivity index (χ1v) is 6.12. The first kappa shape index (κ1) is 14.0. The maximum Gasteiger partial charge on any atom is -0.0162 e. The van der Waals surface area contributed by atoms with Gasteiger partial charge in [-0.05, 0) is 24.5 Å². The number of benzene rings is 1. The van der Waals surface area contributed by atoms with Crippen molar-refractivity contribution < 1.29 is 0 Å². The lowest BCUT2D eigenvalue weighted by molar-refractivity contribution is 1.40. The second-order valence-corrected chi connectivity index (χ2v) is 4.01. The van der Waals surface area contributed by atoms with Crippen LogP contribution in [0.5, 0.6) is 0 Å². The van der Waals surface area contributed by atoms with Gasteiger partial charge in [-0.2, -0.15) is 0 Å². The molecule has 1 aliphatic carbocycles. The van der Waals surface area contributed by atoms with E-state index in [0.717, 1.165) is 17.6 Å². The molecule has 0 radical (unpaired) electrons. The van der Waals surface area contributed by atoms with Crippen LogP contribution in [0.15, 0.2) is 91.1 Å². The molecule has 0 unspecified atom stereocenters. The molecule has 0 heteroatoms. The molecule has 0 spiro atoms. The Balaban J connectivity index is 0.000000199. The molecule has 0 atom stereocenters. The summed E-state index contributed by atoms with van der Waals surface area (Å²) < 4.78 is 0. The van der Waals surface area contributed by atoms with E-state index in [-0.39, 0.29) is 0 Å². The Bertz CT molecular complexity index is 444. The molecule has 2 rings (SSSR count). The van der Waals surface area contributed by atoms with Crippen LogP contribution < -0.4 is 0 Å². The fraction of sp³-hybridized carbons (Fsp3) is 0.111. The zero-order valence-electron chi connectivity index (χ0n) is 11.0. The highest BCUT2D eigenvalue weighted by atomic mass is 14.0. The normalized spacial score (nSPS) is 13.4. The molecule has 0 aliphatic heterocycles. The molecule has 0 saturated carbocycles. The molecular weight excluding hydrogens is 216 g/mol. The minimum Gasteiger partial charge on any atom is -0.0984 e. The van der Waals surface area contributed by atoms with Gasteiger partial charge in [-0.1, -0.05) is 85.5 Å². The smallest absolute Gasteiger partial charge is 0.0162 e. The van der Waals surface area contributed by atoms with E-state index >= 15 is 0 Å². The molecule has 0 bridgehead atoms. The van der Waals surface area contributed by atoms with Gasteiger partial charge in [0.25, 0.3) is 0 Å². The summed E-state index contributed by atoms with van der Waals surface area (Å²) in [7, 11) is 0. The minimum atomic E-state index is 0.995. The molecule has 0 nitrogen and oxygen atoms in total. The predicted molar refractivity (Wildman–Crippen MR) is 81.5 cm³/mol. The summed E-state index contributed by atoms with van der Waals surface area (Å²) in [4.78, 5) is 0. The quantitative estimate of drug-likeness (QED) is 0.665. The summed E-state index contributed by atoms with van der Waals surface area (Å²) in [6.45, 7) is 9.55. The van der Waals surface area contributed by atoms with E-state index in [4.69, 9.17) is 0 Å². The lowest BCUT2D eigenvalue weighted by atomic mass is 10.1. The molecule has 1 aliphatic rings. The Morgan fingerprint density at radius 2 is 1.39 bits per heavy atom. The number of rotatable bonds is 2. The van der Waals surface area contributed by atoms with E-state index in [1.807, 2.05) is 30.4 Å². The van der Waals surface area contributed by atoms with Crippen LogP contribution in [-0.2, 0) is 0 Å². The molecule has 0 fully saturated rings. The van der Waals surface area contributed by atoms with Crippen molar-refractivity contribution >= 4 is 0 Å². The Morgan fingerprint density at radius 3 is 1.72 bits per heavy atom. The molecule has 0 N–H and O–H groups in total. The van der Waals surface area contributed by atoms with Crippen LogP contribution in [0.1, 0.15) is 12.0 Å². The maximum absolute atomic E-state index is 3.73. The van der Waals surface area contributed by atoms with E-state index in [2.05, 4.69) is 56.5 Å². The molecular formula is C18H20. The number of allylic oxidation sites excluding steroid dienone is 8. The zero-order chi connectivity index (χ0) is 13.2. The van der Waals surface area contributed by atoms with Gasteiger partial charge in [-0.15, -0.1) is 0 Å².